The first-order valence-electron chi connectivity index (χ1n) is 12.0. The van der Waals surface area contributed by atoms with Gasteiger partial charge in [0.15, 0.2) is 12.4 Å². The summed E-state index contributed by atoms with van der Waals surface area (Å²) in [6.45, 7) is 3.35. The zero-order valence-corrected chi connectivity index (χ0v) is 20.5. The van der Waals surface area contributed by atoms with E-state index in [-0.39, 0.29) is 28.3 Å². The predicted molar refractivity (Wildman–Crippen MR) is 129 cm³/mol. The molecule has 0 unspecified atom stereocenters. The number of esters is 1. The van der Waals surface area contributed by atoms with E-state index in [1.54, 1.807) is 31.2 Å². The summed E-state index contributed by atoms with van der Waals surface area (Å²) >= 11 is 0. The molecule has 0 radical (unpaired) electrons. The third-order valence-electron chi connectivity index (χ3n) is 7.97. The maximum absolute atomic E-state index is 13.2. The molecule has 0 heterocycles. The highest BCUT2D eigenvalue weighted by Crippen LogP contribution is 2.60. The number of benzene rings is 2. The molecule has 4 saturated carbocycles. The van der Waals surface area contributed by atoms with Gasteiger partial charge in [-0.05, 0) is 106 Å². The van der Waals surface area contributed by atoms with Crippen LogP contribution in [0.1, 0.15) is 60.0 Å². The molecule has 0 aliphatic heterocycles. The fraction of sp³-hybridized carbons (Fsp3) is 0.481. The second-order valence-corrected chi connectivity index (χ2v) is 12.3. The van der Waals surface area contributed by atoms with Gasteiger partial charge in [0.25, 0.3) is 10.0 Å². The quantitative estimate of drug-likeness (QED) is 0.559. The zero-order chi connectivity index (χ0) is 24.1. The highest BCUT2D eigenvalue weighted by Gasteiger charge is 2.54. The lowest BCUT2D eigenvalue weighted by molar-refractivity contribution is -0.147. The van der Waals surface area contributed by atoms with E-state index >= 15 is 0 Å². The smallest absolute Gasteiger partial charge is 0.338 e. The van der Waals surface area contributed by atoms with Crippen LogP contribution in [0.3, 0.4) is 0 Å². The van der Waals surface area contributed by atoms with Crippen LogP contribution >= 0.6 is 0 Å². The van der Waals surface area contributed by atoms with Crippen molar-refractivity contribution < 1.29 is 22.7 Å². The molecule has 4 bridgehead atoms. The van der Waals surface area contributed by atoms with E-state index in [1.165, 1.54) is 31.4 Å². The molecule has 4 fully saturated rings. The monoisotopic (exact) mass is 481 g/mol. The fourth-order valence-electron chi connectivity index (χ4n) is 6.72. The van der Waals surface area contributed by atoms with Crippen LogP contribution in [0.5, 0.6) is 0 Å². The minimum Gasteiger partial charge on any atom is -0.454 e. The number of carbonyl (C=O) groups is 2. The lowest BCUT2D eigenvalue weighted by Crippen LogP contribution is -2.51. The topological polar surface area (TPSA) is 89.5 Å². The van der Waals surface area contributed by atoms with Crippen LogP contribution in [0, 0.1) is 37.0 Å². The van der Waals surface area contributed by atoms with Gasteiger partial charge in [-0.2, -0.15) is 0 Å². The molecule has 6 rings (SSSR count). The van der Waals surface area contributed by atoms with Gasteiger partial charge in [0, 0.05) is 11.1 Å². The number of aryl methyl sites for hydroxylation is 2. The van der Waals surface area contributed by atoms with Crippen LogP contribution in [0.25, 0.3) is 0 Å². The molecule has 0 amide bonds. The van der Waals surface area contributed by atoms with E-state index in [0.29, 0.717) is 29.0 Å². The zero-order valence-electron chi connectivity index (χ0n) is 19.7. The van der Waals surface area contributed by atoms with Gasteiger partial charge in [-0.3, -0.25) is 9.52 Å². The Labute approximate surface area is 201 Å². The second kappa shape index (κ2) is 8.52. The van der Waals surface area contributed by atoms with Crippen molar-refractivity contribution in [2.45, 2.75) is 57.3 Å². The first-order chi connectivity index (χ1) is 16.1. The Kier molecular flexibility index (Phi) is 5.79. The van der Waals surface area contributed by atoms with Crippen LogP contribution < -0.4 is 4.72 Å². The molecule has 0 atom stereocenters. The Hall–Kier alpha value is -2.67. The molecule has 0 aromatic heterocycles. The summed E-state index contributed by atoms with van der Waals surface area (Å²) in [5, 5.41) is 0. The minimum absolute atomic E-state index is 0.0287. The maximum atomic E-state index is 13.2. The first-order valence-corrected chi connectivity index (χ1v) is 13.5. The summed E-state index contributed by atoms with van der Waals surface area (Å²) in [5.41, 5.74) is 1.81. The molecule has 0 saturated heterocycles. The summed E-state index contributed by atoms with van der Waals surface area (Å²) in [4.78, 5) is 26.1. The van der Waals surface area contributed by atoms with Crippen molar-refractivity contribution in [2.24, 2.45) is 23.2 Å². The van der Waals surface area contributed by atoms with Gasteiger partial charge < -0.3 is 4.74 Å². The molecule has 4 aliphatic carbocycles. The molecule has 2 aromatic carbocycles. The average molecular weight is 482 g/mol. The standard InChI is InChI=1S/C27H31NO5S/c1-17-4-3-5-22(8-17)28-34(31,32)23-7-6-18(2)24(12-23)26(30)33-16-25(29)27-13-19-9-20(14-27)11-21(10-19)15-27/h3-8,12,19-21,28H,9-11,13-16H2,1-2H3. The number of ketones is 1. The molecule has 7 heteroatoms. The molecular weight excluding hydrogens is 450 g/mol. The summed E-state index contributed by atoms with van der Waals surface area (Å²) < 4.78 is 33.8. The van der Waals surface area contributed by atoms with Crippen molar-refractivity contribution in [3.63, 3.8) is 0 Å². The molecule has 2 aromatic rings. The average Bonchev–Trinajstić information content (AvgIpc) is 2.76. The molecular formula is C27H31NO5S. The van der Waals surface area contributed by atoms with Crippen molar-refractivity contribution in [3.05, 3.63) is 59.2 Å². The van der Waals surface area contributed by atoms with Gasteiger partial charge in [0.1, 0.15) is 0 Å². The highest BCUT2D eigenvalue weighted by atomic mass is 32.2. The Bertz CT molecular complexity index is 1210. The highest BCUT2D eigenvalue weighted by molar-refractivity contribution is 7.92. The van der Waals surface area contributed by atoms with Crippen LogP contribution in [0.4, 0.5) is 5.69 Å². The largest absolute Gasteiger partial charge is 0.454 e. The maximum Gasteiger partial charge on any atom is 0.338 e. The Morgan fingerprint density at radius 1 is 0.971 bits per heavy atom. The van der Waals surface area contributed by atoms with Gasteiger partial charge in [0.2, 0.25) is 0 Å². The molecule has 0 spiro atoms. The van der Waals surface area contributed by atoms with Crippen molar-refractivity contribution in [1.82, 2.24) is 0 Å². The van der Waals surface area contributed by atoms with E-state index in [4.69, 9.17) is 4.74 Å². The third kappa shape index (κ3) is 4.38. The number of hydrogen-bond donors (Lipinski definition) is 1. The van der Waals surface area contributed by atoms with E-state index in [9.17, 15) is 18.0 Å². The van der Waals surface area contributed by atoms with Crippen molar-refractivity contribution in [2.75, 3.05) is 11.3 Å². The predicted octanol–water partition coefficient (Wildman–Crippen LogP) is 5.05. The Balaban J connectivity index is 1.29. The van der Waals surface area contributed by atoms with Crippen LogP contribution in [-0.2, 0) is 19.6 Å². The number of carbonyl (C=O) groups excluding carboxylic acids is 2. The first kappa shape index (κ1) is 23.1. The minimum atomic E-state index is -3.89. The van der Waals surface area contributed by atoms with Crippen LogP contribution in [0.15, 0.2) is 47.4 Å². The number of sulfonamides is 1. The number of nitrogens with one attached hydrogen (secondary N) is 1. The van der Waals surface area contributed by atoms with E-state index < -0.39 is 16.0 Å². The number of anilines is 1. The fourth-order valence-corrected chi connectivity index (χ4v) is 7.80. The van der Waals surface area contributed by atoms with Gasteiger partial charge in [-0.25, -0.2) is 13.2 Å². The SMILES string of the molecule is Cc1cccc(NS(=O)(=O)c2ccc(C)c(C(=O)OCC(=O)C34CC5CC(CC(C5)C3)C4)c2)c1. The van der Waals surface area contributed by atoms with Gasteiger partial charge in [-0.1, -0.05) is 18.2 Å². The summed E-state index contributed by atoms with van der Waals surface area (Å²) in [6, 6.07) is 11.4. The van der Waals surface area contributed by atoms with Crippen molar-refractivity contribution >= 4 is 27.5 Å². The molecule has 180 valence electrons. The van der Waals surface area contributed by atoms with Crippen molar-refractivity contribution in [3.8, 4) is 0 Å². The summed E-state index contributed by atoms with van der Waals surface area (Å²) in [7, 11) is -3.89. The van der Waals surface area contributed by atoms with Crippen LogP contribution in [0.2, 0.25) is 0 Å². The summed E-state index contributed by atoms with van der Waals surface area (Å²) in [6.07, 6.45) is 6.49. The number of Topliss-reactive ketones (excluding diaryl/α,β-unsaturated/α-hetero) is 1. The van der Waals surface area contributed by atoms with Gasteiger partial charge in [0.05, 0.1) is 10.5 Å². The number of ether oxygens (including phenoxy) is 1. The Morgan fingerprint density at radius 3 is 2.24 bits per heavy atom. The lowest BCUT2D eigenvalue weighted by Gasteiger charge is -2.55. The Morgan fingerprint density at radius 2 is 1.62 bits per heavy atom. The van der Waals surface area contributed by atoms with E-state index in [2.05, 4.69) is 4.72 Å². The number of hydrogen-bond acceptors (Lipinski definition) is 5. The van der Waals surface area contributed by atoms with Crippen LogP contribution in [-0.4, -0.2) is 26.8 Å². The lowest BCUT2D eigenvalue weighted by atomic mass is 9.48. The van der Waals surface area contributed by atoms with Gasteiger partial charge >= 0.3 is 5.97 Å². The normalized spacial score (nSPS) is 27.4. The second-order valence-electron chi connectivity index (χ2n) is 10.6. The molecule has 34 heavy (non-hydrogen) atoms. The third-order valence-corrected chi connectivity index (χ3v) is 9.35. The molecule has 4 aliphatic rings. The molecule has 1 N–H and O–H groups in total. The molecule has 6 nitrogen and oxygen atoms in total. The summed E-state index contributed by atoms with van der Waals surface area (Å²) in [5.74, 6) is 1.27. The van der Waals surface area contributed by atoms with E-state index in [0.717, 1.165) is 24.8 Å². The number of rotatable bonds is 7. The van der Waals surface area contributed by atoms with Crippen molar-refractivity contribution in [1.29, 1.82) is 0 Å². The van der Waals surface area contributed by atoms with Gasteiger partial charge in [-0.15, -0.1) is 0 Å². The van der Waals surface area contributed by atoms with E-state index in [1.807, 2.05) is 13.0 Å².